The molecule has 0 aliphatic rings. The Morgan fingerprint density at radius 1 is 1.11 bits per heavy atom. The molecule has 0 saturated carbocycles. The van der Waals surface area contributed by atoms with Crippen molar-refractivity contribution >= 4 is 23.0 Å². The third kappa shape index (κ3) is 3.02. The Kier molecular flexibility index (Phi) is 3.85. The standard InChI is InChI=1S/C14H13ClN2O/c1-10(13-4-2-3-5-14(13)15)17-18-12-8-6-11(16)7-9-12/h2-9H,16H2,1H3/b17-10+. The molecule has 4 heteroatoms. The van der Waals surface area contributed by atoms with Crippen molar-refractivity contribution in [1.29, 1.82) is 0 Å². The maximum absolute atomic E-state index is 6.07. The van der Waals surface area contributed by atoms with Crippen LogP contribution in [0.2, 0.25) is 5.02 Å². The molecule has 0 aliphatic carbocycles. The van der Waals surface area contributed by atoms with E-state index in [9.17, 15) is 0 Å². The predicted molar refractivity (Wildman–Crippen MR) is 75.1 cm³/mol. The molecule has 0 aliphatic heterocycles. The number of oxime groups is 1. The fourth-order valence-electron chi connectivity index (χ4n) is 1.45. The van der Waals surface area contributed by atoms with Crippen molar-refractivity contribution in [3.8, 4) is 5.75 Å². The van der Waals surface area contributed by atoms with Gasteiger partial charge in [0.2, 0.25) is 0 Å². The van der Waals surface area contributed by atoms with Crippen LogP contribution >= 0.6 is 11.6 Å². The Hall–Kier alpha value is -2.00. The summed E-state index contributed by atoms with van der Waals surface area (Å²) in [4.78, 5) is 5.31. The first kappa shape index (κ1) is 12.5. The van der Waals surface area contributed by atoms with Gasteiger partial charge in [-0.15, -0.1) is 0 Å². The highest BCUT2D eigenvalue weighted by molar-refractivity contribution is 6.34. The van der Waals surface area contributed by atoms with Gasteiger partial charge in [-0.25, -0.2) is 0 Å². The van der Waals surface area contributed by atoms with Gasteiger partial charge in [0, 0.05) is 16.3 Å². The second-order valence-corrected chi connectivity index (χ2v) is 4.22. The fraction of sp³-hybridized carbons (Fsp3) is 0.0714. The zero-order chi connectivity index (χ0) is 13.0. The highest BCUT2D eigenvalue weighted by atomic mass is 35.5. The van der Waals surface area contributed by atoms with Crippen molar-refractivity contribution in [3.63, 3.8) is 0 Å². The van der Waals surface area contributed by atoms with E-state index < -0.39 is 0 Å². The van der Waals surface area contributed by atoms with Crippen LogP contribution < -0.4 is 10.6 Å². The van der Waals surface area contributed by atoms with Crippen LogP contribution in [-0.4, -0.2) is 5.71 Å². The summed E-state index contributed by atoms with van der Waals surface area (Å²) in [5.41, 5.74) is 7.85. The van der Waals surface area contributed by atoms with Crippen LogP contribution in [0.5, 0.6) is 5.75 Å². The topological polar surface area (TPSA) is 47.6 Å². The number of nitrogens with zero attached hydrogens (tertiary/aromatic N) is 1. The van der Waals surface area contributed by atoms with E-state index in [2.05, 4.69) is 5.16 Å². The lowest BCUT2D eigenvalue weighted by Gasteiger charge is -2.04. The molecule has 2 aromatic carbocycles. The van der Waals surface area contributed by atoms with Crippen LogP contribution in [0.15, 0.2) is 53.7 Å². The average molecular weight is 261 g/mol. The summed E-state index contributed by atoms with van der Waals surface area (Å²) in [6.45, 7) is 1.85. The third-order valence-corrected chi connectivity index (χ3v) is 2.76. The van der Waals surface area contributed by atoms with Gasteiger partial charge in [0.15, 0.2) is 5.75 Å². The Morgan fingerprint density at radius 2 is 1.78 bits per heavy atom. The molecule has 0 heterocycles. The number of halogens is 1. The smallest absolute Gasteiger partial charge is 0.158 e. The van der Waals surface area contributed by atoms with Gasteiger partial charge in [0.25, 0.3) is 0 Å². The Labute approximate surface area is 111 Å². The minimum atomic E-state index is 0.635. The summed E-state index contributed by atoms with van der Waals surface area (Å²) in [7, 11) is 0. The lowest BCUT2D eigenvalue weighted by atomic mass is 10.1. The van der Waals surface area contributed by atoms with Crippen molar-refractivity contribution < 1.29 is 4.84 Å². The van der Waals surface area contributed by atoms with Crippen LogP contribution in [0.3, 0.4) is 0 Å². The molecule has 18 heavy (non-hydrogen) atoms. The molecule has 2 N–H and O–H groups in total. The molecule has 0 radical (unpaired) electrons. The maximum atomic E-state index is 6.07. The number of anilines is 1. The Morgan fingerprint density at radius 3 is 2.44 bits per heavy atom. The molecule has 2 aromatic rings. The SMILES string of the molecule is C/C(=N\Oc1ccc(N)cc1)c1ccccc1Cl. The minimum Gasteiger partial charge on any atom is -0.399 e. The molecule has 3 nitrogen and oxygen atoms in total. The van der Waals surface area contributed by atoms with Gasteiger partial charge in [-0.2, -0.15) is 0 Å². The number of hydrogen-bond donors (Lipinski definition) is 1. The maximum Gasteiger partial charge on any atom is 0.158 e. The largest absolute Gasteiger partial charge is 0.399 e. The van der Waals surface area contributed by atoms with E-state index in [1.807, 2.05) is 31.2 Å². The monoisotopic (exact) mass is 260 g/mol. The molecular weight excluding hydrogens is 248 g/mol. The van der Waals surface area contributed by atoms with Crippen molar-refractivity contribution in [2.75, 3.05) is 5.73 Å². The summed E-state index contributed by atoms with van der Waals surface area (Å²) in [5, 5.41) is 4.70. The summed E-state index contributed by atoms with van der Waals surface area (Å²) in [6, 6.07) is 14.5. The lowest BCUT2D eigenvalue weighted by molar-refractivity contribution is 0.341. The van der Waals surface area contributed by atoms with E-state index in [4.69, 9.17) is 22.2 Å². The molecule has 0 bridgehead atoms. The highest BCUT2D eigenvalue weighted by Gasteiger charge is 2.03. The van der Waals surface area contributed by atoms with Crippen LogP contribution in [0.1, 0.15) is 12.5 Å². The highest BCUT2D eigenvalue weighted by Crippen LogP contribution is 2.17. The van der Waals surface area contributed by atoms with Crippen molar-refractivity contribution in [1.82, 2.24) is 0 Å². The fourth-order valence-corrected chi connectivity index (χ4v) is 1.73. The number of nitrogens with two attached hydrogens (primary N) is 1. The van der Waals surface area contributed by atoms with Gasteiger partial charge >= 0.3 is 0 Å². The zero-order valence-corrected chi connectivity index (χ0v) is 10.7. The van der Waals surface area contributed by atoms with Crippen molar-refractivity contribution in [3.05, 3.63) is 59.1 Å². The van der Waals surface area contributed by atoms with E-state index in [-0.39, 0.29) is 0 Å². The minimum absolute atomic E-state index is 0.635. The van der Waals surface area contributed by atoms with Crippen molar-refractivity contribution in [2.45, 2.75) is 6.92 Å². The van der Waals surface area contributed by atoms with Gasteiger partial charge in [-0.3, -0.25) is 0 Å². The van der Waals surface area contributed by atoms with E-state index in [0.717, 1.165) is 11.3 Å². The first-order chi connectivity index (χ1) is 8.66. The lowest BCUT2D eigenvalue weighted by Crippen LogP contribution is -1.98. The number of hydrogen-bond acceptors (Lipinski definition) is 3. The van der Waals surface area contributed by atoms with Crippen LogP contribution in [0.4, 0.5) is 5.69 Å². The first-order valence-electron chi connectivity index (χ1n) is 5.49. The first-order valence-corrected chi connectivity index (χ1v) is 5.86. The summed E-state index contributed by atoms with van der Waals surface area (Å²) >= 11 is 6.07. The molecule has 0 spiro atoms. The van der Waals surface area contributed by atoms with E-state index in [0.29, 0.717) is 16.5 Å². The van der Waals surface area contributed by atoms with Gasteiger partial charge in [-0.05, 0) is 37.3 Å². The summed E-state index contributed by atoms with van der Waals surface area (Å²) < 4.78 is 0. The molecule has 92 valence electrons. The Bertz CT molecular complexity index is 564. The Balaban J connectivity index is 2.14. The van der Waals surface area contributed by atoms with Crippen molar-refractivity contribution in [2.24, 2.45) is 5.16 Å². The zero-order valence-electron chi connectivity index (χ0n) is 9.93. The van der Waals surface area contributed by atoms with Gasteiger partial charge in [0.05, 0.1) is 5.71 Å². The predicted octanol–water partition coefficient (Wildman–Crippen LogP) is 3.73. The van der Waals surface area contributed by atoms with Crippen LogP contribution in [0.25, 0.3) is 0 Å². The molecule has 0 aromatic heterocycles. The average Bonchev–Trinajstić information content (AvgIpc) is 2.38. The van der Waals surface area contributed by atoms with Crippen LogP contribution in [-0.2, 0) is 0 Å². The molecule has 0 unspecified atom stereocenters. The number of benzene rings is 2. The third-order valence-electron chi connectivity index (χ3n) is 2.43. The quantitative estimate of drug-likeness (QED) is 0.519. The second-order valence-electron chi connectivity index (χ2n) is 3.82. The normalized spacial score (nSPS) is 11.3. The molecular formula is C14H13ClN2O. The molecule has 0 atom stereocenters. The van der Waals surface area contributed by atoms with Crippen LogP contribution in [0, 0.1) is 0 Å². The number of rotatable bonds is 3. The second kappa shape index (κ2) is 5.56. The van der Waals surface area contributed by atoms with E-state index in [1.165, 1.54) is 0 Å². The van der Waals surface area contributed by atoms with Gasteiger partial charge < -0.3 is 10.6 Å². The van der Waals surface area contributed by atoms with E-state index >= 15 is 0 Å². The molecule has 0 amide bonds. The van der Waals surface area contributed by atoms with Gasteiger partial charge in [0.1, 0.15) is 0 Å². The molecule has 2 rings (SSSR count). The summed E-state index contributed by atoms with van der Waals surface area (Å²) in [5.74, 6) is 0.635. The van der Waals surface area contributed by atoms with E-state index in [1.54, 1.807) is 24.3 Å². The van der Waals surface area contributed by atoms with Gasteiger partial charge in [-0.1, -0.05) is 35.0 Å². The number of nitrogen functional groups attached to an aromatic ring is 1. The molecule has 0 saturated heterocycles. The molecule has 0 fully saturated rings. The summed E-state index contributed by atoms with van der Waals surface area (Å²) in [6.07, 6.45) is 0.